The highest BCUT2D eigenvalue weighted by Gasteiger charge is 2.73. The first-order valence-electron chi connectivity index (χ1n) is 23.3. The van der Waals surface area contributed by atoms with E-state index in [9.17, 15) is 61.0 Å². The molecule has 0 bridgehead atoms. The van der Waals surface area contributed by atoms with E-state index in [4.69, 9.17) is 28.4 Å². The van der Waals surface area contributed by atoms with Gasteiger partial charge in [-0.2, -0.15) is 0 Å². The van der Waals surface area contributed by atoms with Crippen LogP contribution in [0.3, 0.4) is 0 Å². The number of ether oxygens (including phenoxy) is 6. The van der Waals surface area contributed by atoms with Crippen LogP contribution in [-0.4, -0.2) is 186 Å². The minimum Gasteiger partial charge on any atom is -0.389 e. The lowest BCUT2D eigenvalue weighted by molar-refractivity contribution is -0.333. The molecule has 368 valence electrons. The van der Waals surface area contributed by atoms with E-state index < -0.39 is 120 Å². The molecular weight excluding hydrogens is 840 g/mol. The van der Waals surface area contributed by atoms with Crippen LogP contribution in [0.4, 0.5) is 0 Å². The van der Waals surface area contributed by atoms with Crippen molar-refractivity contribution in [1.29, 1.82) is 0 Å². The van der Waals surface area contributed by atoms with Crippen LogP contribution in [0.1, 0.15) is 99.8 Å². The minimum absolute atomic E-state index is 0.0421. The first kappa shape index (κ1) is 50.6. The molecule has 0 spiro atoms. The summed E-state index contributed by atoms with van der Waals surface area (Å²) in [5.41, 5.74) is -4.83. The highest BCUT2D eigenvalue weighted by atomic mass is 16.7. The third-order valence-electron chi connectivity index (χ3n) is 17.4. The molecule has 18 heteroatoms. The van der Waals surface area contributed by atoms with Gasteiger partial charge in [0.1, 0.15) is 66.8 Å². The molecule has 0 aromatic carbocycles. The number of carbonyl (C=O) groups excluding carboxylic acids is 1. The second-order valence-electron chi connectivity index (χ2n) is 22.3. The van der Waals surface area contributed by atoms with E-state index in [1.165, 1.54) is 0 Å². The van der Waals surface area contributed by atoms with Crippen LogP contribution in [0, 0.1) is 45.3 Å². The zero-order chi connectivity index (χ0) is 47.1. The van der Waals surface area contributed by atoms with Crippen molar-refractivity contribution < 1.29 is 89.4 Å². The SMILES string of the molecule is CC(C)(O)/C=C/C[C@](C)(O)[C@H]1C(=O)C[C@]2(CO[C@@H]3O[C@H](CO[C@@H]4OC[C@@H](O)[C@H](O)[C@H]4O)[C@@H](O)[C@H](O)[C@H]3O)[C@@H]1CC[C@@H]1[C@@]3(C)CC[C@H](O[C@@H]4OC[C@H](O)[C@H](O)[C@H]4O)C(C)(C)[C@@H]3CC[C@]12C. The quantitative estimate of drug-likeness (QED) is 0.0861. The lowest BCUT2D eigenvalue weighted by Crippen LogP contribution is -2.67. The van der Waals surface area contributed by atoms with Crippen molar-refractivity contribution in [2.75, 3.05) is 26.4 Å². The molecule has 4 aliphatic carbocycles. The van der Waals surface area contributed by atoms with Gasteiger partial charge in [-0.3, -0.25) is 4.79 Å². The predicted octanol–water partition coefficient (Wildman–Crippen LogP) is -0.597. The maximum atomic E-state index is 14.7. The molecule has 0 amide bonds. The molecule has 3 heterocycles. The predicted molar refractivity (Wildman–Crippen MR) is 223 cm³/mol. The van der Waals surface area contributed by atoms with Crippen molar-refractivity contribution in [3.8, 4) is 0 Å². The fourth-order valence-electron chi connectivity index (χ4n) is 13.9. The van der Waals surface area contributed by atoms with Crippen LogP contribution in [-0.2, 0) is 33.2 Å². The van der Waals surface area contributed by atoms with E-state index in [2.05, 4.69) is 27.7 Å². The highest BCUT2D eigenvalue weighted by molar-refractivity contribution is 5.86. The number of aliphatic hydroxyl groups excluding tert-OH is 9. The smallest absolute Gasteiger partial charge is 0.186 e. The topological polar surface area (TPSA) is 295 Å². The largest absolute Gasteiger partial charge is 0.389 e. The van der Waals surface area contributed by atoms with E-state index in [-0.39, 0.29) is 67.7 Å². The summed E-state index contributed by atoms with van der Waals surface area (Å²) in [5.74, 6) is -1.15. The van der Waals surface area contributed by atoms with Crippen LogP contribution in [0.25, 0.3) is 0 Å². The Kier molecular flexibility index (Phi) is 14.4. The van der Waals surface area contributed by atoms with E-state index in [1.54, 1.807) is 32.9 Å². The summed E-state index contributed by atoms with van der Waals surface area (Å²) in [7, 11) is 0. The van der Waals surface area contributed by atoms with Crippen molar-refractivity contribution in [3.63, 3.8) is 0 Å². The second-order valence-corrected chi connectivity index (χ2v) is 22.3. The van der Waals surface area contributed by atoms with Crippen molar-refractivity contribution in [2.24, 2.45) is 45.3 Å². The van der Waals surface area contributed by atoms with Crippen LogP contribution in [0.15, 0.2) is 12.2 Å². The van der Waals surface area contributed by atoms with E-state index in [0.717, 1.165) is 19.3 Å². The first-order valence-corrected chi connectivity index (χ1v) is 23.3. The molecule has 64 heavy (non-hydrogen) atoms. The van der Waals surface area contributed by atoms with Gasteiger partial charge in [0.2, 0.25) is 0 Å². The molecular formula is C46H76O18. The average molecular weight is 917 g/mol. The molecule has 3 saturated heterocycles. The first-order chi connectivity index (χ1) is 29.7. The number of carbonyl (C=O) groups is 1. The van der Waals surface area contributed by atoms with E-state index in [0.29, 0.717) is 19.3 Å². The number of aliphatic hydroxyl groups is 11. The third kappa shape index (κ3) is 8.82. The molecule has 0 aromatic rings. The zero-order valence-electron chi connectivity index (χ0n) is 38.3. The molecule has 0 unspecified atom stereocenters. The van der Waals surface area contributed by atoms with Gasteiger partial charge in [-0.1, -0.05) is 39.8 Å². The van der Waals surface area contributed by atoms with Gasteiger partial charge in [-0.05, 0) is 99.7 Å². The summed E-state index contributed by atoms with van der Waals surface area (Å²) < 4.78 is 35.8. The Morgan fingerprint density at radius 3 is 1.95 bits per heavy atom. The summed E-state index contributed by atoms with van der Waals surface area (Å²) in [4.78, 5) is 14.7. The summed E-state index contributed by atoms with van der Waals surface area (Å²) in [6.07, 6.45) is -11.8. The van der Waals surface area contributed by atoms with Gasteiger partial charge < -0.3 is 84.6 Å². The normalized spacial score (nSPS) is 50.7. The van der Waals surface area contributed by atoms with Gasteiger partial charge in [0, 0.05) is 17.8 Å². The lowest BCUT2D eigenvalue weighted by atomic mass is 9.35. The Hall–Kier alpha value is -1.27. The zero-order valence-corrected chi connectivity index (χ0v) is 38.3. The molecule has 0 radical (unpaired) electrons. The van der Waals surface area contributed by atoms with Crippen molar-refractivity contribution in [2.45, 2.75) is 197 Å². The molecule has 4 saturated carbocycles. The molecule has 7 rings (SSSR count). The molecule has 18 nitrogen and oxygen atoms in total. The molecule has 22 atom stereocenters. The highest BCUT2D eigenvalue weighted by Crippen LogP contribution is 2.75. The van der Waals surface area contributed by atoms with Crippen molar-refractivity contribution in [1.82, 2.24) is 0 Å². The maximum absolute atomic E-state index is 14.7. The standard InChI is InChI=1S/C46H76O18/c1-41(2,57)13-8-14-45(7,58)30-22-9-10-28-43(5)15-12-29(64-39-36(55)32(51)25(49)19-60-39)42(3,4)27(43)11-16-44(28,6)46(22,17-23(30)47)21-62-40-37(56)34(53)33(52)26(63-40)20-61-38-35(54)31(50)24(48)18-59-38/h8,13,22,24-40,48-58H,9-12,14-21H2,1-7H3/b13-8+/t22-,24-,25+,26-,27+,28-,29+,30-,31+,32+,33-,34+,35-,36-,37-,38+,39+,40-,43+,44-,45+,46+/m1/s1. The number of hydrogen-bond donors (Lipinski definition) is 11. The summed E-state index contributed by atoms with van der Waals surface area (Å²) >= 11 is 0. The Bertz CT molecular complexity index is 1670. The van der Waals surface area contributed by atoms with Gasteiger partial charge in [0.05, 0.1) is 43.7 Å². The second kappa shape index (κ2) is 18.2. The van der Waals surface area contributed by atoms with Crippen LogP contribution < -0.4 is 0 Å². The van der Waals surface area contributed by atoms with Crippen LogP contribution >= 0.6 is 0 Å². The summed E-state index contributed by atoms with van der Waals surface area (Å²) in [5, 5.41) is 118. The number of hydrogen-bond acceptors (Lipinski definition) is 18. The summed E-state index contributed by atoms with van der Waals surface area (Å²) in [6.45, 7) is 12.7. The Morgan fingerprint density at radius 1 is 0.703 bits per heavy atom. The number of rotatable bonds is 12. The Balaban J connectivity index is 1.17. The number of ketones is 1. The van der Waals surface area contributed by atoms with E-state index >= 15 is 0 Å². The molecule has 7 aliphatic rings. The fourth-order valence-corrected chi connectivity index (χ4v) is 13.9. The monoisotopic (exact) mass is 917 g/mol. The fraction of sp³-hybridized carbons (Fsp3) is 0.935. The summed E-state index contributed by atoms with van der Waals surface area (Å²) in [6, 6.07) is 0. The average Bonchev–Trinajstić information content (AvgIpc) is 3.52. The van der Waals surface area contributed by atoms with Crippen LogP contribution in [0.5, 0.6) is 0 Å². The molecule has 0 aromatic heterocycles. The van der Waals surface area contributed by atoms with Gasteiger partial charge in [0.25, 0.3) is 0 Å². The van der Waals surface area contributed by atoms with Gasteiger partial charge in [-0.15, -0.1) is 0 Å². The lowest BCUT2D eigenvalue weighted by Gasteiger charge is -2.70. The number of fused-ring (bicyclic) bond motifs is 5. The van der Waals surface area contributed by atoms with Crippen LogP contribution in [0.2, 0.25) is 0 Å². The van der Waals surface area contributed by atoms with Crippen molar-refractivity contribution in [3.05, 3.63) is 12.2 Å². The number of Topliss-reactive ketones (excluding diaryl/α,β-unsaturated/α-hetero) is 1. The van der Waals surface area contributed by atoms with Gasteiger partial charge in [0.15, 0.2) is 18.9 Å². The molecule has 7 fully saturated rings. The van der Waals surface area contributed by atoms with Gasteiger partial charge >= 0.3 is 0 Å². The Morgan fingerprint density at radius 2 is 1.31 bits per heavy atom. The van der Waals surface area contributed by atoms with E-state index in [1.807, 2.05) is 0 Å². The molecule has 11 N–H and O–H groups in total. The third-order valence-corrected chi connectivity index (χ3v) is 17.4. The maximum Gasteiger partial charge on any atom is 0.186 e. The minimum atomic E-state index is -1.75. The van der Waals surface area contributed by atoms with Crippen molar-refractivity contribution >= 4 is 5.78 Å². The Labute approximate surface area is 375 Å². The molecule has 3 aliphatic heterocycles. The van der Waals surface area contributed by atoms with Gasteiger partial charge in [-0.25, -0.2) is 0 Å².